The Morgan fingerprint density at radius 2 is 1.89 bits per heavy atom. The molecule has 1 heterocycles. The molecule has 0 spiro atoms. The maximum Gasteiger partial charge on any atom is 0.189 e. The number of rotatable bonds is 4. The van der Waals surface area contributed by atoms with Crippen LogP contribution >= 0.6 is 0 Å². The third-order valence-electron chi connectivity index (χ3n) is 2.45. The van der Waals surface area contributed by atoms with Crippen molar-refractivity contribution in [2.24, 2.45) is 10.7 Å². The number of aromatic nitrogens is 1. The lowest BCUT2D eigenvalue weighted by molar-refractivity contribution is 0.853. The lowest BCUT2D eigenvalue weighted by Crippen LogP contribution is -2.31. The lowest BCUT2D eigenvalue weighted by Gasteiger charge is -2.04. The number of nitrogens with zero attached hydrogens (tertiary/aromatic N) is 2. The second-order valence-electron chi connectivity index (χ2n) is 3.86. The summed E-state index contributed by atoms with van der Waals surface area (Å²) < 4.78 is 0. The number of hydrogen-bond donors (Lipinski definition) is 2. The molecule has 0 bridgehead atoms. The molecular weight excluding hydrogens is 224 g/mol. The second kappa shape index (κ2) is 6.39. The van der Waals surface area contributed by atoms with Gasteiger partial charge in [0.15, 0.2) is 5.96 Å². The zero-order valence-corrected chi connectivity index (χ0v) is 10.1. The summed E-state index contributed by atoms with van der Waals surface area (Å²) in [6.45, 7) is 1.17. The van der Waals surface area contributed by atoms with Gasteiger partial charge in [0.25, 0.3) is 0 Å². The molecule has 4 heteroatoms. The number of hydrogen-bond acceptors (Lipinski definition) is 2. The Morgan fingerprint density at radius 3 is 2.61 bits per heavy atom. The van der Waals surface area contributed by atoms with Crippen molar-refractivity contribution >= 4 is 5.96 Å². The Morgan fingerprint density at radius 1 is 1.11 bits per heavy atom. The SMILES string of the molecule is NC(=NCc1ccccc1)NCc1ccccn1. The number of pyridine rings is 1. The number of guanidine groups is 1. The standard InChI is InChI=1S/C14H16N4/c15-14(17-10-12-6-2-1-3-7-12)18-11-13-8-4-5-9-16-13/h1-9H,10-11H2,(H3,15,17,18). The molecule has 4 nitrogen and oxygen atoms in total. The van der Waals surface area contributed by atoms with E-state index in [1.807, 2.05) is 48.5 Å². The fourth-order valence-corrected chi connectivity index (χ4v) is 1.50. The van der Waals surface area contributed by atoms with Gasteiger partial charge in [-0.1, -0.05) is 36.4 Å². The number of aliphatic imine (C=N–C) groups is 1. The smallest absolute Gasteiger partial charge is 0.189 e. The zero-order chi connectivity index (χ0) is 12.6. The molecule has 3 N–H and O–H groups in total. The van der Waals surface area contributed by atoms with E-state index in [2.05, 4.69) is 15.3 Å². The van der Waals surface area contributed by atoms with E-state index in [9.17, 15) is 0 Å². The van der Waals surface area contributed by atoms with Gasteiger partial charge in [-0.3, -0.25) is 4.98 Å². The quantitative estimate of drug-likeness (QED) is 0.631. The van der Waals surface area contributed by atoms with Crippen LogP contribution in [0.5, 0.6) is 0 Å². The second-order valence-corrected chi connectivity index (χ2v) is 3.86. The fraction of sp³-hybridized carbons (Fsp3) is 0.143. The molecular formula is C14H16N4. The fourth-order valence-electron chi connectivity index (χ4n) is 1.50. The normalized spacial score (nSPS) is 11.2. The molecule has 0 saturated heterocycles. The van der Waals surface area contributed by atoms with Crippen molar-refractivity contribution in [1.29, 1.82) is 0 Å². The first-order valence-corrected chi connectivity index (χ1v) is 5.82. The van der Waals surface area contributed by atoms with Gasteiger partial charge in [-0.2, -0.15) is 0 Å². The van der Waals surface area contributed by atoms with E-state index < -0.39 is 0 Å². The van der Waals surface area contributed by atoms with E-state index in [1.54, 1.807) is 6.20 Å². The minimum atomic E-state index is 0.435. The van der Waals surface area contributed by atoms with Crippen molar-refractivity contribution in [1.82, 2.24) is 10.3 Å². The maximum absolute atomic E-state index is 5.78. The molecule has 0 fully saturated rings. The highest BCUT2D eigenvalue weighted by Crippen LogP contribution is 1.99. The summed E-state index contributed by atoms with van der Waals surface area (Å²) in [5.41, 5.74) is 7.86. The molecule has 0 unspecified atom stereocenters. The van der Waals surface area contributed by atoms with Gasteiger partial charge in [-0.15, -0.1) is 0 Å². The highest BCUT2D eigenvalue weighted by atomic mass is 15.1. The summed E-state index contributed by atoms with van der Waals surface area (Å²) in [5.74, 6) is 0.435. The molecule has 0 atom stereocenters. The van der Waals surface area contributed by atoms with Gasteiger partial charge in [0, 0.05) is 6.20 Å². The van der Waals surface area contributed by atoms with Gasteiger partial charge in [0.2, 0.25) is 0 Å². The first-order chi connectivity index (χ1) is 8.84. The van der Waals surface area contributed by atoms with Crippen LogP contribution in [-0.4, -0.2) is 10.9 Å². The molecule has 18 heavy (non-hydrogen) atoms. The van der Waals surface area contributed by atoms with Crippen LogP contribution in [0.15, 0.2) is 59.7 Å². The van der Waals surface area contributed by atoms with Crippen molar-refractivity contribution in [2.45, 2.75) is 13.1 Å². The molecule has 0 amide bonds. The first kappa shape index (κ1) is 12.1. The van der Waals surface area contributed by atoms with E-state index in [4.69, 9.17) is 5.73 Å². The van der Waals surface area contributed by atoms with Gasteiger partial charge in [0.1, 0.15) is 0 Å². The third kappa shape index (κ3) is 3.90. The average Bonchev–Trinajstić information content (AvgIpc) is 2.45. The molecule has 0 radical (unpaired) electrons. The summed E-state index contributed by atoms with van der Waals surface area (Å²) in [5, 5.41) is 3.03. The van der Waals surface area contributed by atoms with Crippen LogP contribution in [0, 0.1) is 0 Å². The van der Waals surface area contributed by atoms with Gasteiger partial charge >= 0.3 is 0 Å². The molecule has 1 aromatic heterocycles. The van der Waals surface area contributed by atoms with E-state index in [0.717, 1.165) is 11.3 Å². The molecule has 1 aromatic carbocycles. The maximum atomic E-state index is 5.78. The predicted molar refractivity (Wildman–Crippen MR) is 72.8 cm³/mol. The van der Waals surface area contributed by atoms with E-state index in [-0.39, 0.29) is 0 Å². The third-order valence-corrected chi connectivity index (χ3v) is 2.45. The summed E-state index contributed by atoms with van der Waals surface area (Å²) in [7, 11) is 0. The highest BCUT2D eigenvalue weighted by molar-refractivity contribution is 5.77. The molecule has 2 aromatic rings. The van der Waals surface area contributed by atoms with Crippen LogP contribution in [0.25, 0.3) is 0 Å². The van der Waals surface area contributed by atoms with Crippen molar-refractivity contribution in [3.05, 3.63) is 66.0 Å². The Kier molecular flexibility index (Phi) is 4.30. The van der Waals surface area contributed by atoms with E-state index >= 15 is 0 Å². The number of nitrogens with one attached hydrogen (secondary N) is 1. The zero-order valence-electron chi connectivity index (χ0n) is 10.1. The van der Waals surface area contributed by atoms with Gasteiger partial charge in [-0.05, 0) is 17.7 Å². The van der Waals surface area contributed by atoms with E-state index in [1.165, 1.54) is 0 Å². The largest absolute Gasteiger partial charge is 0.370 e. The summed E-state index contributed by atoms with van der Waals surface area (Å²) in [4.78, 5) is 8.46. The van der Waals surface area contributed by atoms with Crippen molar-refractivity contribution in [2.75, 3.05) is 0 Å². The van der Waals surface area contributed by atoms with Crippen LogP contribution in [0.2, 0.25) is 0 Å². The predicted octanol–water partition coefficient (Wildman–Crippen LogP) is 1.69. The minimum absolute atomic E-state index is 0.435. The minimum Gasteiger partial charge on any atom is -0.370 e. The van der Waals surface area contributed by atoms with Crippen molar-refractivity contribution in [3.8, 4) is 0 Å². The van der Waals surface area contributed by atoms with Crippen molar-refractivity contribution < 1.29 is 0 Å². The molecule has 0 aliphatic rings. The summed E-state index contributed by atoms with van der Waals surface area (Å²) in [6.07, 6.45) is 1.76. The monoisotopic (exact) mass is 240 g/mol. The highest BCUT2D eigenvalue weighted by Gasteiger charge is 1.95. The molecule has 0 aliphatic heterocycles. The van der Waals surface area contributed by atoms with Crippen LogP contribution in [0.4, 0.5) is 0 Å². The topological polar surface area (TPSA) is 63.3 Å². The number of nitrogens with two attached hydrogens (primary N) is 1. The Bertz CT molecular complexity index is 494. The van der Waals surface area contributed by atoms with Crippen LogP contribution in [0.1, 0.15) is 11.3 Å². The number of benzene rings is 1. The van der Waals surface area contributed by atoms with Crippen LogP contribution in [-0.2, 0) is 13.1 Å². The first-order valence-electron chi connectivity index (χ1n) is 5.82. The summed E-state index contributed by atoms with van der Waals surface area (Å²) >= 11 is 0. The molecule has 2 rings (SSSR count). The van der Waals surface area contributed by atoms with Crippen LogP contribution < -0.4 is 11.1 Å². The van der Waals surface area contributed by atoms with E-state index in [0.29, 0.717) is 19.0 Å². The van der Waals surface area contributed by atoms with Gasteiger partial charge in [-0.25, -0.2) is 4.99 Å². The molecule has 0 aliphatic carbocycles. The van der Waals surface area contributed by atoms with Crippen molar-refractivity contribution in [3.63, 3.8) is 0 Å². The Balaban J connectivity index is 1.83. The lowest BCUT2D eigenvalue weighted by atomic mass is 10.2. The van der Waals surface area contributed by atoms with Gasteiger partial charge in [0.05, 0.1) is 18.8 Å². The Hall–Kier alpha value is -2.36. The molecule has 92 valence electrons. The van der Waals surface area contributed by atoms with Gasteiger partial charge < -0.3 is 11.1 Å². The molecule has 0 saturated carbocycles. The van der Waals surface area contributed by atoms with Crippen LogP contribution in [0.3, 0.4) is 0 Å². The average molecular weight is 240 g/mol. The Labute approximate surface area is 107 Å². The summed E-state index contributed by atoms with van der Waals surface area (Å²) in [6, 6.07) is 15.8.